The van der Waals surface area contributed by atoms with Crippen LogP contribution in [0, 0.1) is 10.1 Å². The van der Waals surface area contributed by atoms with Crippen LogP contribution in [-0.4, -0.2) is 16.1 Å². The Balaban J connectivity index is 2.43. The molecule has 0 saturated heterocycles. The molecule has 1 aromatic rings. The molecule has 0 heterocycles. The molecule has 0 spiro atoms. The van der Waals surface area contributed by atoms with Gasteiger partial charge in [0, 0.05) is 11.6 Å². The van der Waals surface area contributed by atoms with Crippen LogP contribution in [0.25, 0.3) is 0 Å². The Kier molecular flexibility index (Phi) is 2.73. The quantitative estimate of drug-likeness (QED) is 0.639. The van der Waals surface area contributed by atoms with Gasteiger partial charge in [-0.3, -0.25) is 10.1 Å². The van der Waals surface area contributed by atoms with E-state index in [2.05, 4.69) is 15.9 Å². The lowest BCUT2D eigenvalue weighted by atomic mass is 9.70. The zero-order chi connectivity index (χ0) is 11.9. The van der Waals surface area contributed by atoms with E-state index in [1.54, 1.807) is 12.1 Å². The van der Waals surface area contributed by atoms with E-state index in [-0.39, 0.29) is 5.69 Å². The van der Waals surface area contributed by atoms with Crippen LogP contribution >= 0.6 is 15.9 Å². The normalized spacial score (nSPS) is 28.6. The molecule has 0 bridgehead atoms. The van der Waals surface area contributed by atoms with Gasteiger partial charge in [0.1, 0.15) is 4.47 Å². The van der Waals surface area contributed by atoms with Crippen molar-refractivity contribution in [2.45, 2.75) is 24.5 Å². The van der Waals surface area contributed by atoms with Crippen LogP contribution in [0.4, 0.5) is 5.69 Å². The summed E-state index contributed by atoms with van der Waals surface area (Å²) in [5, 5.41) is 20.0. The highest BCUT2D eigenvalue weighted by molar-refractivity contribution is 9.10. The van der Waals surface area contributed by atoms with E-state index in [0.29, 0.717) is 22.9 Å². The van der Waals surface area contributed by atoms with Gasteiger partial charge in [0.15, 0.2) is 0 Å². The molecule has 0 unspecified atom stereocenters. The molecule has 0 aromatic heterocycles. The number of benzene rings is 1. The molecular formula is C10H11BrN2O3. The fraction of sp³-hybridized carbons (Fsp3) is 0.400. The summed E-state index contributed by atoms with van der Waals surface area (Å²) in [7, 11) is 0. The van der Waals surface area contributed by atoms with E-state index in [9.17, 15) is 15.2 Å². The Morgan fingerprint density at radius 2 is 2.19 bits per heavy atom. The SMILES string of the molecule is NC1(c2cccc([N+](=O)[O-])c2Br)CC(O)C1. The maximum atomic E-state index is 10.8. The lowest BCUT2D eigenvalue weighted by Gasteiger charge is -2.43. The first-order chi connectivity index (χ1) is 7.44. The standard InChI is InChI=1S/C10H11BrN2O3/c11-9-7(10(12)4-6(14)5-10)2-1-3-8(9)13(15)16/h1-3,6,14H,4-5,12H2. The van der Waals surface area contributed by atoms with Crippen molar-refractivity contribution in [3.63, 3.8) is 0 Å². The van der Waals surface area contributed by atoms with Crippen LogP contribution < -0.4 is 5.73 Å². The van der Waals surface area contributed by atoms with Gasteiger partial charge < -0.3 is 10.8 Å². The summed E-state index contributed by atoms with van der Waals surface area (Å²) in [6.07, 6.45) is 0.468. The maximum Gasteiger partial charge on any atom is 0.283 e. The molecule has 0 atom stereocenters. The fourth-order valence-corrected chi connectivity index (χ4v) is 2.85. The monoisotopic (exact) mass is 286 g/mol. The Morgan fingerprint density at radius 1 is 1.56 bits per heavy atom. The third-order valence-electron chi connectivity index (χ3n) is 2.91. The van der Waals surface area contributed by atoms with Crippen LogP contribution in [-0.2, 0) is 5.54 Å². The van der Waals surface area contributed by atoms with Crippen molar-refractivity contribution in [1.82, 2.24) is 0 Å². The number of nitrogens with zero attached hydrogens (tertiary/aromatic N) is 1. The topological polar surface area (TPSA) is 89.4 Å². The molecule has 0 aliphatic heterocycles. The van der Waals surface area contributed by atoms with Crippen molar-refractivity contribution < 1.29 is 10.0 Å². The molecule has 1 fully saturated rings. The minimum atomic E-state index is -0.649. The molecule has 2 rings (SSSR count). The molecule has 1 aromatic carbocycles. The lowest BCUT2D eigenvalue weighted by Crippen LogP contribution is -2.51. The third kappa shape index (κ3) is 1.73. The van der Waals surface area contributed by atoms with Crippen LogP contribution in [0.3, 0.4) is 0 Å². The van der Waals surface area contributed by atoms with Crippen LogP contribution in [0.1, 0.15) is 18.4 Å². The number of rotatable bonds is 2. The average molecular weight is 287 g/mol. The first kappa shape index (κ1) is 11.5. The Morgan fingerprint density at radius 3 is 2.69 bits per heavy atom. The van der Waals surface area contributed by atoms with Gasteiger partial charge >= 0.3 is 0 Å². The van der Waals surface area contributed by atoms with E-state index >= 15 is 0 Å². The van der Waals surface area contributed by atoms with Gasteiger partial charge in [-0.2, -0.15) is 0 Å². The minimum Gasteiger partial charge on any atom is -0.393 e. The van der Waals surface area contributed by atoms with Gasteiger partial charge in [-0.05, 0) is 34.3 Å². The second-order valence-corrected chi connectivity index (χ2v) is 4.91. The van der Waals surface area contributed by atoms with Crippen molar-refractivity contribution in [1.29, 1.82) is 0 Å². The van der Waals surface area contributed by atoms with E-state index in [1.165, 1.54) is 6.07 Å². The number of aliphatic hydroxyl groups excluding tert-OH is 1. The summed E-state index contributed by atoms with van der Waals surface area (Å²) in [4.78, 5) is 10.3. The molecule has 5 nitrogen and oxygen atoms in total. The predicted molar refractivity (Wildman–Crippen MR) is 61.9 cm³/mol. The molecule has 0 radical (unpaired) electrons. The van der Waals surface area contributed by atoms with Gasteiger partial charge in [0.25, 0.3) is 5.69 Å². The summed E-state index contributed by atoms with van der Waals surface area (Å²) in [6, 6.07) is 4.78. The number of halogens is 1. The van der Waals surface area contributed by atoms with Gasteiger partial charge in [-0.1, -0.05) is 12.1 Å². The zero-order valence-electron chi connectivity index (χ0n) is 8.39. The summed E-state index contributed by atoms with van der Waals surface area (Å²) < 4.78 is 0.411. The van der Waals surface area contributed by atoms with Gasteiger partial charge in [0.2, 0.25) is 0 Å². The summed E-state index contributed by atoms with van der Waals surface area (Å²) in [5.74, 6) is 0. The van der Waals surface area contributed by atoms with Crippen molar-refractivity contribution >= 4 is 21.6 Å². The molecule has 1 aliphatic carbocycles. The largest absolute Gasteiger partial charge is 0.393 e. The molecule has 1 aliphatic rings. The number of hydrogen-bond donors (Lipinski definition) is 2. The van der Waals surface area contributed by atoms with Crippen molar-refractivity contribution in [2.24, 2.45) is 5.73 Å². The molecule has 16 heavy (non-hydrogen) atoms. The molecule has 0 amide bonds. The first-order valence-corrected chi connectivity index (χ1v) is 5.64. The highest BCUT2D eigenvalue weighted by Crippen LogP contribution is 2.44. The first-order valence-electron chi connectivity index (χ1n) is 4.84. The average Bonchev–Trinajstić information content (AvgIpc) is 2.15. The minimum absolute atomic E-state index is 0.00344. The summed E-state index contributed by atoms with van der Waals surface area (Å²) in [5.41, 5.74) is 6.11. The third-order valence-corrected chi connectivity index (χ3v) is 3.74. The highest BCUT2D eigenvalue weighted by atomic mass is 79.9. The van der Waals surface area contributed by atoms with E-state index in [0.717, 1.165) is 0 Å². The lowest BCUT2D eigenvalue weighted by molar-refractivity contribution is -0.385. The van der Waals surface area contributed by atoms with E-state index < -0.39 is 16.6 Å². The van der Waals surface area contributed by atoms with Crippen LogP contribution in [0.15, 0.2) is 22.7 Å². The number of aliphatic hydroxyl groups is 1. The zero-order valence-corrected chi connectivity index (χ0v) is 9.98. The highest BCUT2D eigenvalue weighted by Gasteiger charge is 2.43. The van der Waals surface area contributed by atoms with Gasteiger partial charge in [-0.15, -0.1) is 0 Å². The van der Waals surface area contributed by atoms with Crippen molar-refractivity contribution in [3.05, 3.63) is 38.3 Å². The van der Waals surface area contributed by atoms with E-state index in [1.807, 2.05) is 0 Å². The molecule has 1 saturated carbocycles. The fourth-order valence-electron chi connectivity index (χ4n) is 2.05. The van der Waals surface area contributed by atoms with Crippen LogP contribution in [0.2, 0.25) is 0 Å². The smallest absolute Gasteiger partial charge is 0.283 e. The maximum absolute atomic E-state index is 10.8. The summed E-state index contributed by atoms with van der Waals surface area (Å²) in [6.45, 7) is 0. The molecule has 3 N–H and O–H groups in total. The Labute approximate surface area is 101 Å². The van der Waals surface area contributed by atoms with Gasteiger partial charge in [-0.25, -0.2) is 0 Å². The molecule has 6 heteroatoms. The van der Waals surface area contributed by atoms with Gasteiger partial charge in [0.05, 0.1) is 11.0 Å². The second kappa shape index (κ2) is 3.80. The van der Waals surface area contributed by atoms with E-state index in [4.69, 9.17) is 5.73 Å². The predicted octanol–water partition coefficient (Wildman–Crippen LogP) is 1.67. The number of nitrogens with two attached hydrogens (primary N) is 1. The second-order valence-electron chi connectivity index (χ2n) is 4.11. The Hall–Kier alpha value is -0.980. The van der Waals surface area contributed by atoms with Crippen molar-refractivity contribution in [2.75, 3.05) is 0 Å². The molecule has 86 valence electrons. The Bertz CT molecular complexity index is 444. The molecular weight excluding hydrogens is 276 g/mol. The van der Waals surface area contributed by atoms with Crippen LogP contribution in [0.5, 0.6) is 0 Å². The number of nitro benzene ring substituents is 1. The number of hydrogen-bond acceptors (Lipinski definition) is 4. The number of nitro groups is 1. The van der Waals surface area contributed by atoms with Crippen molar-refractivity contribution in [3.8, 4) is 0 Å². The summed E-state index contributed by atoms with van der Waals surface area (Å²) >= 11 is 3.21.